The summed E-state index contributed by atoms with van der Waals surface area (Å²) in [4.78, 5) is 23.9. The van der Waals surface area contributed by atoms with Crippen LogP contribution in [0.2, 0.25) is 0 Å². The Balaban J connectivity index is 1.87. The minimum atomic E-state index is -4.55. The molecule has 2 aromatic carbocycles. The smallest absolute Gasteiger partial charge is 0.416 e. The molecule has 3 aromatic rings. The van der Waals surface area contributed by atoms with E-state index in [0.717, 1.165) is 6.07 Å². The standard InChI is InChI=1S/C21H17F3O5/c1-3-4-12-5-7-15(11-16(12)21(22,23)24)28-19(25)13-6-8-17-14(9-13)10-18(29-17)20(26)27-2/h5-11H,3-4H2,1-2H3. The van der Waals surface area contributed by atoms with Crippen molar-refractivity contribution >= 4 is 22.9 Å². The Bertz CT molecular complexity index is 1070. The Morgan fingerprint density at radius 3 is 2.45 bits per heavy atom. The fourth-order valence-corrected chi connectivity index (χ4v) is 2.91. The van der Waals surface area contributed by atoms with Crippen molar-refractivity contribution in [1.29, 1.82) is 0 Å². The highest BCUT2D eigenvalue weighted by atomic mass is 19.4. The predicted molar refractivity (Wildman–Crippen MR) is 98.0 cm³/mol. The fraction of sp³-hybridized carbons (Fsp3) is 0.238. The number of ether oxygens (including phenoxy) is 2. The number of rotatable bonds is 5. The summed E-state index contributed by atoms with van der Waals surface area (Å²) in [6.07, 6.45) is -3.73. The molecule has 0 bridgehead atoms. The zero-order valence-corrected chi connectivity index (χ0v) is 15.6. The number of methoxy groups -OCH3 is 1. The van der Waals surface area contributed by atoms with E-state index in [-0.39, 0.29) is 29.1 Å². The molecule has 0 radical (unpaired) electrons. The van der Waals surface area contributed by atoms with Crippen molar-refractivity contribution in [2.45, 2.75) is 25.9 Å². The van der Waals surface area contributed by atoms with Crippen molar-refractivity contribution in [1.82, 2.24) is 0 Å². The molecular formula is C21H17F3O5. The van der Waals surface area contributed by atoms with Gasteiger partial charge >= 0.3 is 18.1 Å². The van der Waals surface area contributed by atoms with Crippen LogP contribution in [0.1, 0.15) is 45.4 Å². The van der Waals surface area contributed by atoms with E-state index in [0.29, 0.717) is 17.4 Å². The number of halogens is 3. The van der Waals surface area contributed by atoms with E-state index in [1.807, 2.05) is 0 Å². The van der Waals surface area contributed by atoms with Crippen molar-refractivity contribution in [3.63, 3.8) is 0 Å². The minimum absolute atomic E-state index is 0.0330. The summed E-state index contributed by atoms with van der Waals surface area (Å²) in [7, 11) is 1.21. The van der Waals surface area contributed by atoms with E-state index in [1.165, 1.54) is 43.5 Å². The van der Waals surface area contributed by atoms with Gasteiger partial charge in [-0.05, 0) is 48.4 Å². The lowest BCUT2D eigenvalue weighted by Gasteiger charge is -2.14. The first-order valence-electron chi connectivity index (χ1n) is 8.77. The van der Waals surface area contributed by atoms with Gasteiger partial charge in [0.05, 0.1) is 18.2 Å². The normalized spacial score (nSPS) is 11.5. The average molecular weight is 406 g/mol. The molecule has 1 heterocycles. The summed E-state index contributed by atoms with van der Waals surface area (Å²) in [5.41, 5.74) is -0.223. The van der Waals surface area contributed by atoms with E-state index in [1.54, 1.807) is 6.92 Å². The minimum Gasteiger partial charge on any atom is -0.463 e. The van der Waals surface area contributed by atoms with Gasteiger partial charge in [0, 0.05) is 5.39 Å². The lowest BCUT2D eigenvalue weighted by atomic mass is 10.0. The molecule has 152 valence electrons. The molecule has 8 heteroatoms. The van der Waals surface area contributed by atoms with Crippen LogP contribution < -0.4 is 4.74 Å². The van der Waals surface area contributed by atoms with Crippen molar-refractivity contribution < 1.29 is 36.7 Å². The first-order valence-corrected chi connectivity index (χ1v) is 8.77. The second kappa shape index (κ2) is 7.98. The van der Waals surface area contributed by atoms with Gasteiger partial charge in [-0.2, -0.15) is 13.2 Å². The third kappa shape index (κ3) is 4.42. The van der Waals surface area contributed by atoms with Gasteiger partial charge < -0.3 is 13.9 Å². The Kier molecular flexibility index (Phi) is 5.63. The second-order valence-corrected chi connectivity index (χ2v) is 6.31. The molecule has 3 rings (SSSR count). The van der Waals surface area contributed by atoms with Gasteiger partial charge in [0.25, 0.3) is 0 Å². The summed E-state index contributed by atoms with van der Waals surface area (Å²) in [6.45, 7) is 1.78. The van der Waals surface area contributed by atoms with Crippen LogP contribution in [0.5, 0.6) is 5.75 Å². The van der Waals surface area contributed by atoms with E-state index in [9.17, 15) is 22.8 Å². The number of carbonyl (C=O) groups is 2. The van der Waals surface area contributed by atoms with Crippen molar-refractivity contribution in [2.24, 2.45) is 0 Å². The van der Waals surface area contributed by atoms with E-state index >= 15 is 0 Å². The van der Waals surface area contributed by atoms with Crippen LogP contribution in [0.3, 0.4) is 0 Å². The summed E-state index contributed by atoms with van der Waals surface area (Å²) in [5, 5.41) is 0.453. The number of esters is 2. The number of fused-ring (bicyclic) bond motifs is 1. The molecule has 0 spiro atoms. The Labute approximate surface area is 164 Å². The quantitative estimate of drug-likeness (QED) is 0.419. The third-order valence-corrected chi connectivity index (χ3v) is 4.26. The average Bonchev–Trinajstić information content (AvgIpc) is 3.11. The maximum Gasteiger partial charge on any atom is 0.416 e. The monoisotopic (exact) mass is 406 g/mol. The molecule has 1 aromatic heterocycles. The molecule has 0 saturated heterocycles. The molecule has 0 aliphatic heterocycles. The first kappa shape index (κ1) is 20.4. The molecule has 0 N–H and O–H groups in total. The highest BCUT2D eigenvalue weighted by molar-refractivity contribution is 5.97. The largest absolute Gasteiger partial charge is 0.463 e. The SMILES string of the molecule is CCCc1ccc(OC(=O)c2ccc3oc(C(=O)OC)cc3c2)cc1C(F)(F)F. The Morgan fingerprint density at radius 2 is 1.79 bits per heavy atom. The number of hydrogen-bond donors (Lipinski definition) is 0. The fourth-order valence-electron chi connectivity index (χ4n) is 2.91. The van der Waals surface area contributed by atoms with E-state index in [2.05, 4.69) is 4.74 Å². The number of carbonyl (C=O) groups excluding carboxylic acids is 2. The number of furan rings is 1. The van der Waals surface area contributed by atoms with Crippen LogP contribution in [-0.4, -0.2) is 19.0 Å². The van der Waals surface area contributed by atoms with Gasteiger partial charge in [-0.1, -0.05) is 19.4 Å². The van der Waals surface area contributed by atoms with Crippen LogP contribution in [-0.2, 0) is 17.3 Å². The van der Waals surface area contributed by atoms with Gasteiger partial charge in [-0.25, -0.2) is 9.59 Å². The van der Waals surface area contributed by atoms with Gasteiger partial charge in [-0.3, -0.25) is 0 Å². The molecule has 0 unspecified atom stereocenters. The lowest BCUT2D eigenvalue weighted by Crippen LogP contribution is -2.12. The highest BCUT2D eigenvalue weighted by Crippen LogP contribution is 2.35. The van der Waals surface area contributed by atoms with Crippen molar-refractivity contribution in [3.05, 3.63) is 64.9 Å². The van der Waals surface area contributed by atoms with Crippen LogP contribution >= 0.6 is 0 Å². The zero-order chi connectivity index (χ0) is 21.2. The maximum absolute atomic E-state index is 13.3. The van der Waals surface area contributed by atoms with Gasteiger partial charge in [0.2, 0.25) is 5.76 Å². The van der Waals surface area contributed by atoms with Crippen LogP contribution in [0.25, 0.3) is 11.0 Å². The molecule has 0 saturated carbocycles. The number of alkyl halides is 3. The Hall–Kier alpha value is -3.29. The molecule has 0 amide bonds. The zero-order valence-electron chi connectivity index (χ0n) is 15.6. The predicted octanol–water partition coefficient (Wildman–Crippen LogP) is 5.41. The highest BCUT2D eigenvalue weighted by Gasteiger charge is 2.33. The molecule has 0 atom stereocenters. The molecular weight excluding hydrogens is 389 g/mol. The first-order chi connectivity index (χ1) is 13.7. The summed E-state index contributed by atoms with van der Waals surface area (Å²) in [6, 6.07) is 9.16. The van der Waals surface area contributed by atoms with Crippen LogP contribution in [0, 0.1) is 0 Å². The molecule has 0 aliphatic carbocycles. The van der Waals surface area contributed by atoms with Crippen LogP contribution in [0.15, 0.2) is 46.9 Å². The molecule has 0 aliphatic rings. The van der Waals surface area contributed by atoms with Crippen LogP contribution in [0.4, 0.5) is 13.2 Å². The van der Waals surface area contributed by atoms with E-state index < -0.39 is 23.7 Å². The maximum atomic E-state index is 13.3. The number of aryl methyl sites for hydroxylation is 1. The summed E-state index contributed by atoms with van der Waals surface area (Å²) >= 11 is 0. The second-order valence-electron chi connectivity index (χ2n) is 6.31. The molecule has 29 heavy (non-hydrogen) atoms. The molecule has 0 fully saturated rings. The van der Waals surface area contributed by atoms with Crippen molar-refractivity contribution in [2.75, 3.05) is 7.11 Å². The van der Waals surface area contributed by atoms with E-state index in [4.69, 9.17) is 9.15 Å². The van der Waals surface area contributed by atoms with Gasteiger partial charge in [0.15, 0.2) is 0 Å². The topological polar surface area (TPSA) is 65.7 Å². The summed E-state index contributed by atoms with van der Waals surface area (Å²) < 4.78 is 54.9. The summed E-state index contributed by atoms with van der Waals surface area (Å²) in [5.74, 6) is -1.74. The Morgan fingerprint density at radius 1 is 1.03 bits per heavy atom. The van der Waals surface area contributed by atoms with Gasteiger partial charge in [-0.15, -0.1) is 0 Å². The molecule has 5 nitrogen and oxygen atoms in total. The lowest BCUT2D eigenvalue weighted by molar-refractivity contribution is -0.138. The van der Waals surface area contributed by atoms with Gasteiger partial charge in [0.1, 0.15) is 11.3 Å². The third-order valence-electron chi connectivity index (χ3n) is 4.26. The number of hydrogen-bond acceptors (Lipinski definition) is 5. The number of benzene rings is 2. The van der Waals surface area contributed by atoms with Crippen molar-refractivity contribution in [3.8, 4) is 5.75 Å².